The van der Waals surface area contributed by atoms with Crippen molar-refractivity contribution in [1.82, 2.24) is 19.9 Å². The van der Waals surface area contributed by atoms with Crippen molar-refractivity contribution < 1.29 is 9.72 Å². The number of nitrogens with zero attached hydrogens (tertiary/aromatic N) is 4. The van der Waals surface area contributed by atoms with Crippen LogP contribution in [0.2, 0.25) is 0 Å². The lowest BCUT2D eigenvalue weighted by Gasteiger charge is -2.33. The Kier molecular flexibility index (Phi) is 6.85. The van der Waals surface area contributed by atoms with Gasteiger partial charge in [-0.2, -0.15) is 0 Å². The fraction of sp³-hybridized carbons (Fsp3) is 0.321. The lowest BCUT2D eigenvalue weighted by molar-refractivity contribution is -0.384. The third-order valence-corrected chi connectivity index (χ3v) is 7.14. The Morgan fingerprint density at radius 2 is 1.84 bits per heavy atom. The van der Waals surface area contributed by atoms with Crippen LogP contribution in [0.25, 0.3) is 11.0 Å². The molecule has 1 saturated heterocycles. The highest BCUT2D eigenvalue weighted by Crippen LogP contribution is 2.33. The molecule has 3 heterocycles. The molecule has 0 saturated carbocycles. The van der Waals surface area contributed by atoms with E-state index in [1.807, 2.05) is 55.3 Å². The SMILES string of the molecule is Cc1nc2c(C)ncc(C3CCN(C(=O)CC(Nc4ccc([N+](=O)[O-])cc4)c4ccccc4)CC3)c2[nH]1. The van der Waals surface area contributed by atoms with Gasteiger partial charge in [0.1, 0.15) is 11.3 Å². The highest BCUT2D eigenvalue weighted by molar-refractivity contribution is 5.81. The Morgan fingerprint density at radius 1 is 1.14 bits per heavy atom. The van der Waals surface area contributed by atoms with Crippen LogP contribution in [0.1, 0.15) is 53.9 Å². The smallest absolute Gasteiger partial charge is 0.269 e. The number of likely N-dealkylation sites (tertiary alicyclic amines) is 1. The second kappa shape index (κ2) is 10.4. The molecule has 1 fully saturated rings. The van der Waals surface area contributed by atoms with Crippen molar-refractivity contribution in [3.63, 3.8) is 0 Å². The maximum atomic E-state index is 13.4. The van der Waals surface area contributed by atoms with E-state index in [9.17, 15) is 14.9 Å². The zero-order chi connectivity index (χ0) is 25.9. The molecule has 1 aliphatic heterocycles. The van der Waals surface area contributed by atoms with Crippen molar-refractivity contribution in [2.45, 2.75) is 45.1 Å². The highest BCUT2D eigenvalue weighted by atomic mass is 16.6. The number of nitro benzene ring substituents is 1. The molecule has 1 atom stereocenters. The molecule has 4 aromatic rings. The van der Waals surface area contributed by atoms with E-state index in [0.29, 0.717) is 25.4 Å². The van der Waals surface area contributed by atoms with Crippen molar-refractivity contribution in [3.8, 4) is 0 Å². The third kappa shape index (κ3) is 5.30. The number of carbonyl (C=O) groups excluding carboxylic acids is 1. The van der Waals surface area contributed by atoms with E-state index in [2.05, 4.69) is 20.3 Å². The number of aromatic amines is 1. The molecule has 1 aliphatic rings. The first-order chi connectivity index (χ1) is 17.9. The van der Waals surface area contributed by atoms with Crippen LogP contribution in [-0.2, 0) is 4.79 Å². The van der Waals surface area contributed by atoms with Gasteiger partial charge in [0, 0.05) is 37.1 Å². The second-order valence-electron chi connectivity index (χ2n) is 9.62. The van der Waals surface area contributed by atoms with Crippen LogP contribution in [0.4, 0.5) is 11.4 Å². The lowest BCUT2D eigenvalue weighted by Crippen LogP contribution is -2.39. The molecule has 2 N–H and O–H groups in total. The van der Waals surface area contributed by atoms with E-state index in [-0.39, 0.29) is 17.6 Å². The summed E-state index contributed by atoms with van der Waals surface area (Å²) in [5, 5.41) is 14.4. The lowest BCUT2D eigenvalue weighted by atomic mass is 9.89. The van der Waals surface area contributed by atoms with Crippen molar-refractivity contribution in [3.05, 3.63) is 93.6 Å². The van der Waals surface area contributed by atoms with Gasteiger partial charge >= 0.3 is 0 Å². The Balaban J connectivity index is 1.27. The van der Waals surface area contributed by atoms with E-state index < -0.39 is 4.92 Å². The quantitative estimate of drug-likeness (QED) is 0.259. The molecule has 0 radical (unpaired) electrons. The van der Waals surface area contributed by atoms with Crippen LogP contribution in [0, 0.1) is 24.0 Å². The van der Waals surface area contributed by atoms with Gasteiger partial charge in [0.15, 0.2) is 0 Å². The summed E-state index contributed by atoms with van der Waals surface area (Å²) < 4.78 is 0. The summed E-state index contributed by atoms with van der Waals surface area (Å²) in [5.74, 6) is 1.29. The second-order valence-corrected chi connectivity index (χ2v) is 9.62. The van der Waals surface area contributed by atoms with Crippen LogP contribution in [0.15, 0.2) is 60.8 Å². The molecule has 0 bridgehead atoms. The maximum absolute atomic E-state index is 13.4. The Bertz CT molecular complexity index is 1410. The summed E-state index contributed by atoms with van der Waals surface area (Å²) >= 11 is 0. The number of hydrogen-bond acceptors (Lipinski definition) is 6. The molecule has 9 heteroatoms. The van der Waals surface area contributed by atoms with Crippen molar-refractivity contribution in [2.75, 3.05) is 18.4 Å². The molecule has 1 amide bonds. The molecular weight excluding hydrogens is 468 g/mol. The normalized spacial score (nSPS) is 15.0. The average Bonchev–Trinajstić information content (AvgIpc) is 3.31. The summed E-state index contributed by atoms with van der Waals surface area (Å²) in [6, 6.07) is 15.9. The minimum atomic E-state index is -0.420. The van der Waals surface area contributed by atoms with Crippen LogP contribution < -0.4 is 5.32 Å². The van der Waals surface area contributed by atoms with Crippen LogP contribution in [-0.4, -0.2) is 43.8 Å². The molecule has 190 valence electrons. The van der Waals surface area contributed by atoms with Gasteiger partial charge in [0.25, 0.3) is 5.69 Å². The summed E-state index contributed by atoms with van der Waals surface area (Å²) in [4.78, 5) is 38.5. The number of fused-ring (bicyclic) bond motifs is 1. The number of rotatable bonds is 7. The Hall–Kier alpha value is -4.27. The van der Waals surface area contributed by atoms with E-state index in [4.69, 9.17) is 0 Å². The standard InChI is InChI=1S/C28H30N6O3/c1-18-27-28(31-19(2)30-27)24(17-29-18)20-12-14-33(15-13-20)26(35)16-25(21-6-4-3-5-7-21)32-22-8-10-23(11-9-22)34(36)37/h3-11,17,20,25,32H,12-16H2,1-2H3,(H,30,31). The number of pyridine rings is 1. The van der Waals surface area contributed by atoms with Gasteiger partial charge in [-0.05, 0) is 55.9 Å². The fourth-order valence-electron chi connectivity index (χ4n) is 5.13. The van der Waals surface area contributed by atoms with Gasteiger partial charge in [-0.1, -0.05) is 30.3 Å². The van der Waals surface area contributed by atoms with Gasteiger partial charge in [0.2, 0.25) is 5.91 Å². The summed E-state index contributed by atoms with van der Waals surface area (Å²) in [6.45, 7) is 5.30. The zero-order valence-corrected chi connectivity index (χ0v) is 21.0. The van der Waals surface area contributed by atoms with Crippen molar-refractivity contribution in [1.29, 1.82) is 0 Å². The number of benzene rings is 2. The van der Waals surface area contributed by atoms with Gasteiger partial charge in [0.05, 0.1) is 28.6 Å². The largest absolute Gasteiger partial charge is 0.378 e. The van der Waals surface area contributed by atoms with E-state index in [0.717, 1.165) is 46.6 Å². The average molecular weight is 499 g/mol. The van der Waals surface area contributed by atoms with Crippen molar-refractivity contribution >= 4 is 28.3 Å². The van der Waals surface area contributed by atoms with Gasteiger partial charge < -0.3 is 15.2 Å². The summed E-state index contributed by atoms with van der Waals surface area (Å²) in [7, 11) is 0. The van der Waals surface area contributed by atoms with Gasteiger partial charge in [-0.25, -0.2) is 4.98 Å². The molecule has 2 aromatic heterocycles. The number of aryl methyl sites for hydroxylation is 2. The number of piperidine rings is 1. The third-order valence-electron chi connectivity index (χ3n) is 7.14. The molecule has 37 heavy (non-hydrogen) atoms. The van der Waals surface area contributed by atoms with E-state index in [1.54, 1.807) is 12.1 Å². The molecule has 5 rings (SSSR count). The highest BCUT2D eigenvalue weighted by Gasteiger charge is 2.28. The summed E-state index contributed by atoms with van der Waals surface area (Å²) in [6.07, 6.45) is 3.99. The number of nitrogens with one attached hydrogen (secondary N) is 2. The minimum absolute atomic E-state index is 0.0344. The Morgan fingerprint density at radius 3 is 2.51 bits per heavy atom. The number of amides is 1. The zero-order valence-electron chi connectivity index (χ0n) is 21.0. The maximum Gasteiger partial charge on any atom is 0.269 e. The van der Waals surface area contributed by atoms with Crippen LogP contribution in [0.5, 0.6) is 0 Å². The van der Waals surface area contributed by atoms with E-state index in [1.165, 1.54) is 17.7 Å². The summed E-state index contributed by atoms with van der Waals surface area (Å²) in [5.41, 5.74) is 5.84. The number of non-ortho nitro benzene ring substituents is 1. The molecular formula is C28H30N6O3. The molecule has 0 aliphatic carbocycles. The van der Waals surface area contributed by atoms with E-state index >= 15 is 0 Å². The monoisotopic (exact) mass is 498 g/mol. The predicted molar refractivity (Wildman–Crippen MR) is 142 cm³/mol. The predicted octanol–water partition coefficient (Wildman–Crippen LogP) is 5.43. The van der Waals surface area contributed by atoms with Crippen LogP contribution in [0.3, 0.4) is 0 Å². The number of nitro groups is 1. The number of carbonyl (C=O) groups is 1. The first kappa shape index (κ1) is 24.4. The van der Waals surface area contributed by atoms with Gasteiger partial charge in [-0.3, -0.25) is 19.9 Å². The molecule has 1 unspecified atom stereocenters. The fourth-order valence-corrected chi connectivity index (χ4v) is 5.13. The number of imidazole rings is 1. The number of H-pyrrole nitrogens is 1. The molecule has 9 nitrogen and oxygen atoms in total. The minimum Gasteiger partial charge on any atom is -0.378 e. The molecule has 2 aromatic carbocycles. The van der Waals surface area contributed by atoms with Crippen LogP contribution >= 0.6 is 0 Å². The topological polar surface area (TPSA) is 117 Å². The number of anilines is 1. The first-order valence-electron chi connectivity index (χ1n) is 12.5. The Labute approximate surface area is 215 Å². The first-order valence-corrected chi connectivity index (χ1v) is 12.5. The number of aromatic nitrogens is 3. The molecule has 0 spiro atoms. The number of hydrogen-bond donors (Lipinski definition) is 2. The van der Waals surface area contributed by atoms with Gasteiger partial charge in [-0.15, -0.1) is 0 Å². The van der Waals surface area contributed by atoms with Crippen molar-refractivity contribution in [2.24, 2.45) is 0 Å².